The summed E-state index contributed by atoms with van der Waals surface area (Å²) in [5.74, 6) is 0. The lowest BCUT2D eigenvalue weighted by atomic mass is 10.4. The molecule has 0 aliphatic carbocycles. The first-order valence-electron chi connectivity index (χ1n) is 5.07. The molecule has 0 bridgehead atoms. The minimum atomic E-state index is -3.61. The molecule has 0 saturated carbocycles. The molecule has 1 aromatic rings. The van der Waals surface area contributed by atoms with Gasteiger partial charge in [-0.05, 0) is 20.8 Å². The van der Waals surface area contributed by atoms with Gasteiger partial charge in [0.25, 0.3) is 0 Å². The Balaban J connectivity index is 3.18. The van der Waals surface area contributed by atoms with Gasteiger partial charge < -0.3 is 5.73 Å². The van der Waals surface area contributed by atoms with Gasteiger partial charge in [0.15, 0.2) is 0 Å². The number of aryl methyl sites for hydroxylation is 1. The molecule has 0 spiro atoms. The van der Waals surface area contributed by atoms with Crippen LogP contribution in [0, 0.1) is 6.92 Å². The number of aromatic nitrogens is 2. The fraction of sp³-hybridized carbons (Fsp3) is 0.556. The fourth-order valence-electron chi connectivity index (χ4n) is 1.42. The standard InChI is InChI=1S/C9H16N4O2S2/c1-6(2)13(5-9(10)16)17(14,15)8-4-11-12-7(8)3/h4,6H,5H2,1-3H3,(H2,10,16)(H,11,12). The Hall–Kier alpha value is -0.990. The zero-order valence-corrected chi connectivity index (χ0v) is 11.6. The molecule has 0 unspecified atom stereocenters. The lowest BCUT2D eigenvalue weighted by Gasteiger charge is -2.24. The first-order valence-corrected chi connectivity index (χ1v) is 6.91. The van der Waals surface area contributed by atoms with Gasteiger partial charge in [-0.15, -0.1) is 0 Å². The van der Waals surface area contributed by atoms with Crippen LogP contribution in [0.3, 0.4) is 0 Å². The summed E-state index contributed by atoms with van der Waals surface area (Å²) in [6.07, 6.45) is 1.29. The molecule has 3 N–H and O–H groups in total. The lowest BCUT2D eigenvalue weighted by Crippen LogP contribution is -2.42. The van der Waals surface area contributed by atoms with E-state index in [2.05, 4.69) is 10.2 Å². The highest BCUT2D eigenvalue weighted by Crippen LogP contribution is 2.19. The van der Waals surface area contributed by atoms with Crippen LogP contribution in [0.4, 0.5) is 0 Å². The SMILES string of the molecule is Cc1[nH]ncc1S(=O)(=O)N(CC(N)=S)C(C)C. The second-order valence-electron chi connectivity index (χ2n) is 3.97. The molecular formula is C9H16N4O2S2. The van der Waals surface area contributed by atoms with Crippen molar-refractivity contribution in [3.8, 4) is 0 Å². The number of hydrogen-bond acceptors (Lipinski definition) is 4. The van der Waals surface area contributed by atoms with Crippen molar-refractivity contribution in [2.45, 2.75) is 31.7 Å². The van der Waals surface area contributed by atoms with Gasteiger partial charge in [0.05, 0.1) is 23.4 Å². The zero-order valence-electron chi connectivity index (χ0n) is 9.97. The van der Waals surface area contributed by atoms with Crippen molar-refractivity contribution in [2.75, 3.05) is 6.54 Å². The number of nitrogens with zero attached hydrogens (tertiary/aromatic N) is 2. The third-order valence-corrected chi connectivity index (χ3v) is 4.52. The van der Waals surface area contributed by atoms with Crippen molar-refractivity contribution in [3.05, 3.63) is 11.9 Å². The third-order valence-electron chi connectivity index (χ3n) is 2.26. The molecule has 1 heterocycles. The van der Waals surface area contributed by atoms with Crippen molar-refractivity contribution in [2.24, 2.45) is 5.73 Å². The molecule has 0 atom stereocenters. The van der Waals surface area contributed by atoms with Crippen molar-refractivity contribution in [1.82, 2.24) is 14.5 Å². The minimum Gasteiger partial charge on any atom is -0.392 e. The van der Waals surface area contributed by atoms with E-state index < -0.39 is 10.0 Å². The van der Waals surface area contributed by atoms with Gasteiger partial charge in [0, 0.05) is 6.04 Å². The van der Waals surface area contributed by atoms with E-state index in [0.29, 0.717) is 5.69 Å². The number of hydrogen-bond donors (Lipinski definition) is 2. The molecule has 1 aromatic heterocycles. The second kappa shape index (κ2) is 5.11. The summed E-state index contributed by atoms with van der Waals surface area (Å²) in [5.41, 5.74) is 5.92. The lowest BCUT2D eigenvalue weighted by molar-refractivity contribution is 0.390. The van der Waals surface area contributed by atoms with Crippen LogP contribution in [0.2, 0.25) is 0 Å². The van der Waals surface area contributed by atoms with Gasteiger partial charge >= 0.3 is 0 Å². The Morgan fingerprint density at radius 1 is 1.65 bits per heavy atom. The number of rotatable bonds is 5. The van der Waals surface area contributed by atoms with E-state index in [-0.39, 0.29) is 22.5 Å². The first kappa shape index (κ1) is 14.1. The van der Waals surface area contributed by atoms with E-state index in [4.69, 9.17) is 18.0 Å². The Bertz CT molecular complexity index is 507. The van der Waals surface area contributed by atoms with Crippen LogP contribution < -0.4 is 5.73 Å². The van der Waals surface area contributed by atoms with E-state index >= 15 is 0 Å². The van der Waals surface area contributed by atoms with Gasteiger partial charge in [-0.2, -0.15) is 9.40 Å². The highest BCUT2D eigenvalue weighted by Gasteiger charge is 2.29. The Labute approximate surface area is 106 Å². The van der Waals surface area contributed by atoms with Crippen LogP contribution in [-0.4, -0.2) is 40.5 Å². The molecule has 17 heavy (non-hydrogen) atoms. The summed E-state index contributed by atoms with van der Waals surface area (Å²) >= 11 is 4.77. The topological polar surface area (TPSA) is 92.1 Å². The molecular weight excluding hydrogens is 260 g/mol. The van der Waals surface area contributed by atoms with E-state index in [1.807, 2.05) is 0 Å². The predicted molar refractivity (Wildman–Crippen MR) is 69.1 cm³/mol. The van der Waals surface area contributed by atoms with Crippen LogP contribution in [0.1, 0.15) is 19.5 Å². The van der Waals surface area contributed by atoms with E-state index in [1.54, 1.807) is 20.8 Å². The number of thiocarbonyl (C=S) groups is 1. The van der Waals surface area contributed by atoms with Crippen LogP contribution in [-0.2, 0) is 10.0 Å². The molecule has 96 valence electrons. The van der Waals surface area contributed by atoms with Crippen molar-refractivity contribution >= 4 is 27.2 Å². The zero-order chi connectivity index (χ0) is 13.2. The maximum absolute atomic E-state index is 12.3. The molecule has 1 rings (SSSR count). The predicted octanol–water partition coefficient (Wildman–Crippen LogP) is 0.403. The number of nitrogens with one attached hydrogen (secondary N) is 1. The largest absolute Gasteiger partial charge is 0.392 e. The molecule has 0 aliphatic heterocycles. The first-order chi connectivity index (χ1) is 7.76. The molecule has 0 fully saturated rings. The average molecular weight is 276 g/mol. The summed E-state index contributed by atoms with van der Waals surface area (Å²) in [7, 11) is -3.61. The molecule has 8 heteroatoms. The monoisotopic (exact) mass is 276 g/mol. The quantitative estimate of drug-likeness (QED) is 0.760. The fourth-order valence-corrected chi connectivity index (χ4v) is 3.38. The number of nitrogens with two attached hydrogens (primary N) is 1. The Morgan fingerprint density at radius 3 is 2.59 bits per heavy atom. The summed E-state index contributed by atoms with van der Waals surface area (Å²) in [5, 5.41) is 6.32. The van der Waals surface area contributed by atoms with E-state index in [1.165, 1.54) is 10.5 Å². The van der Waals surface area contributed by atoms with E-state index in [0.717, 1.165) is 0 Å². The maximum Gasteiger partial charge on any atom is 0.247 e. The van der Waals surface area contributed by atoms with E-state index in [9.17, 15) is 8.42 Å². The Kier molecular flexibility index (Phi) is 4.23. The van der Waals surface area contributed by atoms with Crippen molar-refractivity contribution < 1.29 is 8.42 Å². The number of H-pyrrole nitrogens is 1. The molecule has 0 radical (unpaired) electrons. The molecule has 6 nitrogen and oxygen atoms in total. The van der Waals surface area contributed by atoms with Crippen LogP contribution in [0.25, 0.3) is 0 Å². The number of aromatic amines is 1. The van der Waals surface area contributed by atoms with Gasteiger partial charge in [-0.1, -0.05) is 12.2 Å². The van der Waals surface area contributed by atoms with Gasteiger partial charge in [-0.25, -0.2) is 8.42 Å². The van der Waals surface area contributed by atoms with Crippen molar-refractivity contribution in [3.63, 3.8) is 0 Å². The van der Waals surface area contributed by atoms with Crippen LogP contribution in [0.15, 0.2) is 11.1 Å². The van der Waals surface area contributed by atoms with Gasteiger partial charge in [0.1, 0.15) is 4.90 Å². The minimum absolute atomic E-state index is 0.0277. The Morgan fingerprint density at radius 2 is 2.24 bits per heavy atom. The molecule has 0 aromatic carbocycles. The molecule has 0 amide bonds. The summed E-state index contributed by atoms with van der Waals surface area (Å²) in [6.45, 7) is 5.22. The van der Waals surface area contributed by atoms with Gasteiger partial charge in [0.2, 0.25) is 10.0 Å². The van der Waals surface area contributed by atoms with Crippen molar-refractivity contribution in [1.29, 1.82) is 0 Å². The average Bonchev–Trinajstić information content (AvgIpc) is 2.60. The maximum atomic E-state index is 12.3. The summed E-state index contributed by atoms with van der Waals surface area (Å²) in [6, 6.07) is -0.226. The van der Waals surface area contributed by atoms with Crippen LogP contribution in [0.5, 0.6) is 0 Å². The second-order valence-corrected chi connectivity index (χ2v) is 6.35. The highest BCUT2D eigenvalue weighted by molar-refractivity contribution is 7.89. The molecule has 0 saturated heterocycles. The van der Waals surface area contributed by atoms with Gasteiger partial charge in [-0.3, -0.25) is 5.10 Å². The highest BCUT2D eigenvalue weighted by atomic mass is 32.2. The van der Waals surface area contributed by atoms with Crippen LogP contribution >= 0.6 is 12.2 Å². The summed E-state index contributed by atoms with van der Waals surface area (Å²) in [4.78, 5) is 0.297. The summed E-state index contributed by atoms with van der Waals surface area (Å²) < 4.78 is 25.9. The normalized spacial score (nSPS) is 12.3. The third kappa shape index (κ3) is 3.02. The molecule has 0 aliphatic rings. The smallest absolute Gasteiger partial charge is 0.247 e. The number of sulfonamides is 1.